The van der Waals surface area contributed by atoms with Crippen molar-refractivity contribution >= 4 is 82.2 Å². The van der Waals surface area contributed by atoms with Gasteiger partial charge in [-0.15, -0.1) is 0 Å². The number of aromatic nitrogens is 2. The minimum Gasteiger partial charge on any atom is -0.310 e. The van der Waals surface area contributed by atoms with E-state index < -0.39 is 0 Å². The minimum atomic E-state index is 1.11. The zero-order valence-corrected chi connectivity index (χ0v) is 33.1. The van der Waals surface area contributed by atoms with E-state index in [0.717, 1.165) is 39.5 Å². The maximum Gasteiger partial charge on any atom is 0.0542 e. The van der Waals surface area contributed by atoms with Crippen LogP contribution < -0.4 is 4.90 Å². The van der Waals surface area contributed by atoms with Crippen LogP contribution in [0.2, 0.25) is 0 Å². The fourth-order valence-electron chi connectivity index (χ4n) is 9.64. The van der Waals surface area contributed by atoms with Crippen molar-refractivity contribution in [3.05, 3.63) is 224 Å². The molecule has 0 N–H and O–H groups in total. The number of hydrogen-bond acceptors (Lipinski definition) is 1. The fourth-order valence-corrected chi connectivity index (χ4v) is 9.64. The number of nitrogens with zero attached hydrogens (tertiary/aromatic N) is 3. The number of rotatable bonds is 6. The van der Waals surface area contributed by atoms with Crippen molar-refractivity contribution in [2.24, 2.45) is 0 Å². The van der Waals surface area contributed by atoms with Crippen LogP contribution in [0.5, 0.6) is 0 Å². The van der Waals surface area contributed by atoms with Crippen LogP contribution in [0, 0.1) is 6.92 Å². The molecule has 12 rings (SSSR count). The van der Waals surface area contributed by atoms with Crippen LogP contribution in [0.1, 0.15) is 5.56 Å². The highest BCUT2D eigenvalue weighted by Gasteiger charge is 2.20. The molecule has 2 aromatic heterocycles. The number of para-hydroxylation sites is 4. The molecule has 0 atom stereocenters. The first kappa shape index (κ1) is 34.2. The summed E-state index contributed by atoms with van der Waals surface area (Å²) in [5, 5.41) is 9.91. The van der Waals surface area contributed by atoms with Gasteiger partial charge in [-0.25, -0.2) is 0 Å². The van der Waals surface area contributed by atoms with E-state index in [1.54, 1.807) is 0 Å². The molecular weight excluding hydrogens is 727 g/mol. The summed E-state index contributed by atoms with van der Waals surface area (Å²) in [5.41, 5.74) is 14.1. The number of anilines is 3. The Morgan fingerprint density at radius 2 is 0.783 bits per heavy atom. The van der Waals surface area contributed by atoms with E-state index >= 15 is 0 Å². The van der Waals surface area contributed by atoms with Crippen molar-refractivity contribution in [2.45, 2.75) is 6.92 Å². The SMILES string of the molecule is Cc1ccc2c(-c3cccc4cc(-n5c6ccc(N(c7ccccc7)c7ccccc7)cc6c6cc(-n7c8ccccc8c8ccccc87)ccc65)ccc34)cccc2c1. The highest BCUT2D eigenvalue weighted by atomic mass is 15.1. The zero-order valence-electron chi connectivity index (χ0n) is 33.1. The second-order valence-corrected chi connectivity index (χ2v) is 15.9. The standard InChI is InChI=1S/C57H39N3/c1-38-26-30-46-39(34-38)14-12-22-48(46)49-23-13-15-40-35-43(27-31-47(40)49)59-56-32-28-44(58(41-16-4-2-5-17-41)42-18-6-3-7-19-42)36-52(56)53-37-45(29-33-57(53)59)60-54-24-10-8-20-50(54)51-21-9-11-25-55(51)60/h2-37H,1H3. The predicted molar refractivity (Wildman–Crippen MR) is 255 cm³/mol. The Balaban J connectivity index is 1.10. The quantitative estimate of drug-likeness (QED) is 0.164. The molecule has 12 aromatic rings. The lowest BCUT2D eigenvalue weighted by molar-refractivity contribution is 1.17. The molecule has 2 heterocycles. The van der Waals surface area contributed by atoms with E-state index in [4.69, 9.17) is 0 Å². The van der Waals surface area contributed by atoms with E-state index in [2.05, 4.69) is 239 Å². The van der Waals surface area contributed by atoms with Crippen LogP contribution in [0.3, 0.4) is 0 Å². The smallest absolute Gasteiger partial charge is 0.0542 e. The largest absolute Gasteiger partial charge is 0.310 e. The number of fused-ring (bicyclic) bond motifs is 8. The summed E-state index contributed by atoms with van der Waals surface area (Å²) in [6, 6.07) is 79.9. The van der Waals surface area contributed by atoms with E-state index in [-0.39, 0.29) is 0 Å². The van der Waals surface area contributed by atoms with Gasteiger partial charge in [0.2, 0.25) is 0 Å². The zero-order chi connectivity index (χ0) is 39.7. The number of aryl methyl sites for hydroxylation is 1. The molecule has 282 valence electrons. The Kier molecular flexibility index (Phi) is 7.76. The summed E-state index contributed by atoms with van der Waals surface area (Å²) in [6.45, 7) is 2.16. The second-order valence-electron chi connectivity index (χ2n) is 15.9. The first-order valence-corrected chi connectivity index (χ1v) is 20.7. The molecule has 0 unspecified atom stereocenters. The van der Waals surface area contributed by atoms with Crippen LogP contribution in [-0.4, -0.2) is 9.13 Å². The summed E-state index contributed by atoms with van der Waals surface area (Å²) in [6.07, 6.45) is 0. The average Bonchev–Trinajstić information content (AvgIpc) is 3.81. The van der Waals surface area contributed by atoms with E-state index in [9.17, 15) is 0 Å². The van der Waals surface area contributed by atoms with Gasteiger partial charge < -0.3 is 14.0 Å². The molecule has 0 aliphatic rings. The van der Waals surface area contributed by atoms with Gasteiger partial charge in [0.1, 0.15) is 0 Å². The first-order valence-electron chi connectivity index (χ1n) is 20.7. The number of benzene rings is 10. The van der Waals surface area contributed by atoms with Crippen LogP contribution in [0.4, 0.5) is 17.1 Å². The maximum atomic E-state index is 2.45. The summed E-state index contributed by atoms with van der Waals surface area (Å²) in [4.78, 5) is 2.35. The van der Waals surface area contributed by atoms with Gasteiger partial charge in [-0.3, -0.25) is 0 Å². The highest BCUT2D eigenvalue weighted by molar-refractivity contribution is 6.14. The van der Waals surface area contributed by atoms with Gasteiger partial charge in [0.25, 0.3) is 0 Å². The predicted octanol–water partition coefficient (Wildman–Crippen LogP) is 15.6. The summed E-state index contributed by atoms with van der Waals surface area (Å²) in [7, 11) is 0. The third-order valence-corrected chi connectivity index (χ3v) is 12.3. The molecule has 3 heteroatoms. The van der Waals surface area contributed by atoms with E-state index in [1.807, 2.05) is 0 Å². The topological polar surface area (TPSA) is 13.1 Å². The maximum absolute atomic E-state index is 2.45. The van der Waals surface area contributed by atoms with Crippen LogP contribution in [-0.2, 0) is 0 Å². The molecule has 0 amide bonds. The fraction of sp³-hybridized carbons (Fsp3) is 0.0175. The van der Waals surface area contributed by atoms with Crippen molar-refractivity contribution < 1.29 is 0 Å². The van der Waals surface area contributed by atoms with Gasteiger partial charge in [0.15, 0.2) is 0 Å². The molecule has 0 aliphatic heterocycles. The van der Waals surface area contributed by atoms with Gasteiger partial charge in [-0.2, -0.15) is 0 Å². The summed E-state index contributed by atoms with van der Waals surface area (Å²) in [5.74, 6) is 0. The van der Waals surface area contributed by atoms with Crippen molar-refractivity contribution in [1.82, 2.24) is 9.13 Å². The third kappa shape index (κ3) is 5.37. The summed E-state index contributed by atoms with van der Waals surface area (Å²) < 4.78 is 4.87. The molecule has 0 aliphatic carbocycles. The Morgan fingerprint density at radius 1 is 0.300 bits per heavy atom. The molecule has 3 nitrogen and oxygen atoms in total. The molecule has 0 fully saturated rings. The van der Waals surface area contributed by atoms with Gasteiger partial charge in [-0.05, 0) is 125 Å². The van der Waals surface area contributed by atoms with Crippen molar-refractivity contribution in [3.63, 3.8) is 0 Å². The first-order chi connectivity index (χ1) is 29.7. The van der Waals surface area contributed by atoms with Gasteiger partial charge in [0.05, 0.1) is 22.1 Å². The Labute approximate surface area is 348 Å². The highest BCUT2D eigenvalue weighted by Crippen LogP contribution is 2.42. The van der Waals surface area contributed by atoms with Crippen molar-refractivity contribution in [3.8, 4) is 22.5 Å². The van der Waals surface area contributed by atoms with Crippen LogP contribution >= 0.6 is 0 Å². The molecule has 0 bridgehead atoms. The molecule has 60 heavy (non-hydrogen) atoms. The molecular formula is C57H39N3. The third-order valence-electron chi connectivity index (χ3n) is 12.3. The summed E-state index contributed by atoms with van der Waals surface area (Å²) >= 11 is 0. The molecule has 0 spiro atoms. The lowest BCUT2D eigenvalue weighted by Gasteiger charge is -2.25. The molecule has 10 aromatic carbocycles. The number of hydrogen-bond donors (Lipinski definition) is 0. The van der Waals surface area contributed by atoms with Crippen molar-refractivity contribution in [1.29, 1.82) is 0 Å². The van der Waals surface area contributed by atoms with Gasteiger partial charge in [0, 0.05) is 50.0 Å². The van der Waals surface area contributed by atoms with E-state index in [0.29, 0.717) is 0 Å². The molecule has 0 saturated carbocycles. The minimum absolute atomic E-state index is 1.11. The Hall–Kier alpha value is -7.88. The molecule has 0 radical (unpaired) electrons. The van der Waals surface area contributed by atoms with Crippen molar-refractivity contribution in [2.75, 3.05) is 4.90 Å². The Morgan fingerprint density at radius 3 is 1.42 bits per heavy atom. The molecule has 0 saturated heterocycles. The normalized spacial score (nSPS) is 11.8. The monoisotopic (exact) mass is 765 g/mol. The lowest BCUT2D eigenvalue weighted by Crippen LogP contribution is -2.09. The lowest BCUT2D eigenvalue weighted by atomic mass is 9.93. The van der Waals surface area contributed by atoms with Gasteiger partial charge >= 0.3 is 0 Å². The Bertz CT molecular complexity index is 3520. The van der Waals surface area contributed by atoms with Crippen LogP contribution in [0.15, 0.2) is 218 Å². The second kappa shape index (κ2) is 13.6. The van der Waals surface area contributed by atoms with Gasteiger partial charge in [-0.1, -0.05) is 139 Å². The van der Waals surface area contributed by atoms with E-state index in [1.165, 1.54) is 70.8 Å². The average molecular weight is 766 g/mol. The van der Waals surface area contributed by atoms with Crippen LogP contribution in [0.25, 0.3) is 87.7 Å².